The number of nitrogens with one attached hydrogen (secondary N) is 2. The quantitative estimate of drug-likeness (QED) is 0.753. The zero-order valence-electron chi connectivity index (χ0n) is 12.6. The van der Waals surface area contributed by atoms with E-state index in [1.54, 1.807) is 0 Å². The molecule has 1 aliphatic rings. The summed E-state index contributed by atoms with van der Waals surface area (Å²) in [6.45, 7) is 1.25. The fourth-order valence-electron chi connectivity index (χ4n) is 2.35. The number of hydrogen-bond donors (Lipinski definition) is 3. The van der Waals surface area contributed by atoms with Crippen LogP contribution >= 0.6 is 23.2 Å². The van der Waals surface area contributed by atoms with Gasteiger partial charge in [-0.2, -0.15) is 0 Å². The third-order valence-corrected chi connectivity index (χ3v) is 4.27. The van der Waals surface area contributed by atoms with E-state index in [-0.39, 0.29) is 27.1 Å². The molecule has 1 aliphatic heterocycles. The van der Waals surface area contributed by atoms with Crippen LogP contribution in [0.1, 0.15) is 12.5 Å². The summed E-state index contributed by atoms with van der Waals surface area (Å²) in [6, 6.07) is 2.21. The zero-order chi connectivity index (χ0) is 18.1. The molecule has 0 radical (unpaired) electrons. The number of aliphatic carboxylic acids is 1. The lowest BCUT2D eigenvalue weighted by molar-refractivity contribution is -0.143. The largest absolute Gasteiger partial charge is 0.492 e. The second kappa shape index (κ2) is 6.70. The first kappa shape index (κ1) is 18.1. The van der Waals surface area contributed by atoms with E-state index in [4.69, 9.17) is 27.9 Å². The molecule has 1 atom stereocenters. The highest BCUT2D eigenvalue weighted by atomic mass is 35.5. The predicted molar refractivity (Wildman–Crippen MR) is 86.2 cm³/mol. The average molecular weight is 375 g/mol. The Hall–Kier alpha value is -2.25. The number of hydrogen-bond acceptors (Lipinski definition) is 4. The van der Waals surface area contributed by atoms with E-state index in [1.807, 2.05) is 0 Å². The molecule has 1 heterocycles. The van der Waals surface area contributed by atoms with Crippen molar-refractivity contribution in [1.29, 1.82) is 0 Å². The normalized spacial score (nSPS) is 19.7. The zero-order valence-corrected chi connectivity index (χ0v) is 14.1. The first-order valence-electron chi connectivity index (χ1n) is 6.63. The van der Waals surface area contributed by atoms with Gasteiger partial charge < -0.3 is 20.5 Å². The fourth-order valence-corrected chi connectivity index (χ4v) is 3.07. The van der Waals surface area contributed by atoms with E-state index in [0.717, 1.165) is 6.07 Å². The maximum Gasteiger partial charge on any atom is 0.339 e. The number of carbonyl (C=O) groups excluding carboxylic acids is 1. The van der Waals surface area contributed by atoms with E-state index in [9.17, 15) is 19.1 Å². The Kier molecular flexibility index (Phi) is 5.05. The van der Waals surface area contributed by atoms with Gasteiger partial charge in [-0.3, -0.25) is 4.79 Å². The van der Waals surface area contributed by atoms with Gasteiger partial charge in [-0.05, 0) is 18.3 Å². The number of carboxylic acids is 1. The smallest absolute Gasteiger partial charge is 0.339 e. The lowest BCUT2D eigenvalue weighted by atomic mass is 9.86. The molecule has 1 aromatic rings. The molecule has 1 aromatic carbocycles. The molecular formula is C15H13Cl2FN2O4. The molecule has 1 amide bonds. The minimum atomic E-state index is -2.01. The van der Waals surface area contributed by atoms with Crippen LogP contribution in [0.2, 0.25) is 5.02 Å². The monoisotopic (exact) mass is 374 g/mol. The van der Waals surface area contributed by atoms with E-state index in [0.29, 0.717) is 0 Å². The van der Waals surface area contributed by atoms with Crippen molar-refractivity contribution in [2.24, 2.45) is 0 Å². The van der Waals surface area contributed by atoms with Crippen LogP contribution in [0.3, 0.4) is 0 Å². The molecule has 0 fully saturated rings. The summed E-state index contributed by atoms with van der Waals surface area (Å²) in [6.07, 6.45) is 2.71. The van der Waals surface area contributed by atoms with Crippen LogP contribution in [0.25, 0.3) is 0 Å². The Morgan fingerprint density at radius 2 is 2.04 bits per heavy atom. The molecule has 0 saturated carbocycles. The molecule has 0 aliphatic carbocycles. The Morgan fingerprint density at radius 3 is 2.58 bits per heavy atom. The van der Waals surface area contributed by atoms with Gasteiger partial charge in [0, 0.05) is 12.5 Å². The van der Waals surface area contributed by atoms with Crippen molar-refractivity contribution < 1.29 is 23.8 Å². The van der Waals surface area contributed by atoms with Gasteiger partial charge in [-0.1, -0.05) is 29.3 Å². The topological polar surface area (TPSA) is 87.7 Å². The second-order valence-electron chi connectivity index (χ2n) is 4.88. The van der Waals surface area contributed by atoms with Crippen LogP contribution in [0.5, 0.6) is 5.75 Å². The molecule has 0 saturated heterocycles. The second-order valence-corrected chi connectivity index (χ2v) is 5.64. The Labute approximate surface area is 146 Å². The molecule has 6 nitrogen and oxygen atoms in total. The van der Waals surface area contributed by atoms with E-state index >= 15 is 0 Å². The Bertz CT molecular complexity index is 779. The predicted octanol–water partition coefficient (Wildman–Crippen LogP) is 2.47. The molecule has 0 spiro atoms. The molecule has 9 heteroatoms. The van der Waals surface area contributed by atoms with Gasteiger partial charge in [0.25, 0.3) is 0 Å². The Balaban J connectivity index is 2.75. The van der Waals surface area contributed by atoms with Gasteiger partial charge in [-0.15, -0.1) is 0 Å². The first-order chi connectivity index (χ1) is 11.3. The van der Waals surface area contributed by atoms with Gasteiger partial charge in [0.2, 0.25) is 11.4 Å². The number of halogens is 3. The Morgan fingerprint density at radius 1 is 1.38 bits per heavy atom. The molecule has 2 rings (SSSR count). The summed E-state index contributed by atoms with van der Waals surface area (Å²) in [4.78, 5) is 23.3. The molecular weight excluding hydrogens is 362 g/mol. The molecule has 24 heavy (non-hydrogen) atoms. The average Bonchev–Trinajstić information content (AvgIpc) is 2.50. The lowest BCUT2D eigenvalue weighted by Crippen LogP contribution is -2.50. The van der Waals surface area contributed by atoms with Crippen molar-refractivity contribution in [1.82, 2.24) is 10.6 Å². The van der Waals surface area contributed by atoms with Gasteiger partial charge in [0.1, 0.15) is 0 Å². The highest BCUT2D eigenvalue weighted by molar-refractivity contribution is 6.36. The van der Waals surface area contributed by atoms with Crippen molar-refractivity contribution >= 4 is 35.1 Å². The van der Waals surface area contributed by atoms with Crippen molar-refractivity contribution in [3.63, 3.8) is 0 Å². The highest BCUT2D eigenvalue weighted by Crippen LogP contribution is 2.43. The van der Waals surface area contributed by atoms with Gasteiger partial charge in [0.05, 0.1) is 22.9 Å². The van der Waals surface area contributed by atoms with Gasteiger partial charge in [-0.25, -0.2) is 9.18 Å². The maximum absolute atomic E-state index is 13.8. The summed E-state index contributed by atoms with van der Waals surface area (Å²) < 4.78 is 18.7. The number of benzene rings is 1. The van der Waals surface area contributed by atoms with Gasteiger partial charge in [0.15, 0.2) is 11.6 Å². The van der Waals surface area contributed by atoms with Crippen LogP contribution in [0.4, 0.5) is 4.39 Å². The molecule has 0 aromatic heterocycles. The van der Waals surface area contributed by atoms with E-state index in [1.165, 1.54) is 32.4 Å². The van der Waals surface area contributed by atoms with Crippen LogP contribution in [-0.4, -0.2) is 24.1 Å². The summed E-state index contributed by atoms with van der Waals surface area (Å²) in [7, 11) is 1.20. The minimum absolute atomic E-state index is 0.0351. The number of rotatable bonds is 4. The van der Waals surface area contributed by atoms with Crippen LogP contribution in [0.15, 0.2) is 35.1 Å². The SMILES string of the molecule is COc1c(F)ccc(C2(C(=O)O)NC=CC(NC(C)=O)=C2Cl)c1Cl. The minimum Gasteiger partial charge on any atom is -0.492 e. The fraction of sp³-hybridized carbons (Fsp3) is 0.200. The van der Waals surface area contributed by atoms with Crippen molar-refractivity contribution in [3.05, 3.63) is 51.5 Å². The summed E-state index contributed by atoms with van der Waals surface area (Å²) in [5.41, 5.74) is -1.96. The van der Waals surface area contributed by atoms with Crippen LogP contribution < -0.4 is 15.4 Å². The molecule has 128 valence electrons. The number of methoxy groups -OCH3 is 1. The number of ether oxygens (including phenoxy) is 1. The summed E-state index contributed by atoms with van der Waals surface area (Å²) in [5.74, 6) is -2.89. The number of amides is 1. The van der Waals surface area contributed by atoms with E-state index in [2.05, 4.69) is 10.6 Å². The molecule has 0 bridgehead atoms. The third-order valence-electron chi connectivity index (χ3n) is 3.40. The van der Waals surface area contributed by atoms with Crippen molar-refractivity contribution in [3.8, 4) is 5.75 Å². The number of allylic oxidation sites excluding steroid dienone is 1. The summed E-state index contributed by atoms with van der Waals surface area (Å²) >= 11 is 12.4. The first-order valence-corrected chi connectivity index (χ1v) is 7.39. The third kappa shape index (κ3) is 2.81. The number of carbonyl (C=O) groups is 2. The van der Waals surface area contributed by atoms with Crippen LogP contribution in [0, 0.1) is 5.82 Å². The molecule has 3 N–H and O–H groups in total. The van der Waals surface area contributed by atoms with E-state index < -0.39 is 23.2 Å². The maximum atomic E-state index is 13.8. The van der Waals surface area contributed by atoms with Crippen LogP contribution in [-0.2, 0) is 15.1 Å². The molecule has 1 unspecified atom stereocenters. The van der Waals surface area contributed by atoms with Crippen molar-refractivity contribution in [2.45, 2.75) is 12.5 Å². The number of dihydropyridines is 1. The summed E-state index contributed by atoms with van der Waals surface area (Å²) in [5, 5.41) is 14.4. The highest BCUT2D eigenvalue weighted by Gasteiger charge is 2.48. The van der Waals surface area contributed by atoms with Crippen molar-refractivity contribution in [2.75, 3.05) is 7.11 Å². The van der Waals surface area contributed by atoms with Gasteiger partial charge >= 0.3 is 5.97 Å². The lowest BCUT2D eigenvalue weighted by Gasteiger charge is -2.34. The number of carboxylic acid groups (broad SMARTS) is 1. The standard InChI is InChI=1S/C15H13Cl2FN2O4/c1-7(21)20-10-5-6-19-15(13(10)17,14(22)23)8-3-4-9(18)12(24-2)11(8)16/h3-6,19H,1-2H3,(H,20,21)(H,22,23).